The van der Waals surface area contributed by atoms with Crippen LogP contribution in [0.2, 0.25) is 5.02 Å². The summed E-state index contributed by atoms with van der Waals surface area (Å²) in [5.41, 5.74) is 5.69. The topological polar surface area (TPSA) is 80.0 Å². The minimum Gasteiger partial charge on any atom is -0.478 e. The van der Waals surface area contributed by atoms with Gasteiger partial charge >= 0.3 is 5.97 Å². The van der Waals surface area contributed by atoms with Crippen molar-refractivity contribution in [1.29, 1.82) is 0 Å². The van der Waals surface area contributed by atoms with Gasteiger partial charge < -0.3 is 9.83 Å². The molecular weight excluding hydrogens is 456 g/mol. The van der Waals surface area contributed by atoms with Gasteiger partial charge in [-0.1, -0.05) is 23.7 Å². The molecule has 4 aromatic rings. The summed E-state index contributed by atoms with van der Waals surface area (Å²) in [5, 5.41) is 14.3. The molecule has 0 aliphatic heterocycles. The Morgan fingerprint density at radius 3 is 2.64 bits per heavy atom. The number of halogens is 1. The van der Waals surface area contributed by atoms with Crippen molar-refractivity contribution in [3.63, 3.8) is 0 Å². The Morgan fingerprint density at radius 2 is 1.97 bits per heavy atom. The Hall–Kier alpha value is -3.29. The van der Waals surface area contributed by atoms with E-state index in [4.69, 9.17) is 11.6 Å². The molecule has 2 heterocycles. The Balaban J connectivity index is 1.56. The average molecular weight is 477 g/mol. The number of hydrogen-bond donors (Lipinski definition) is 2. The largest absolute Gasteiger partial charge is 0.478 e. The molecule has 8 heteroatoms. The van der Waals surface area contributed by atoms with Crippen molar-refractivity contribution in [2.24, 2.45) is 7.05 Å². The van der Waals surface area contributed by atoms with Gasteiger partial charge in [-0.25, -0.2) is 4.79 Å². The zero-order chi connectivity index (χ0) is 22.9. The molecule has 1 fully saturated rings. The van der Waals surface area contributed by atoms with E-state index in [1.807, 2.05) is 49.5 Å². The van der Waals surface area contributed by atoms with E-state index in [0.29, 0.717) is 10.9 Å². The van der Waals surface area contributed by atoms with E-state index in [0.717, 1.165) is 45.9 Å². The maximum atomic E-state index is 11.5. The molecule has 166 valence electrons. The van der Waals surface area contributed by atoms with Crippen molar-refractivity contribution in [3.8, 4) is 22.5 Å². The number of hydrogen-bond acceptors (Lipinski definition) is 5. The Bertz CT molecular complexity index is 1340. The second-order valence-electron chi connectivity index (χ2n) is 7.97. The number of aromatic nitrogens is 3. The molecule has 1 aliphatic carbocycles. The number of aryl methyl sites for hydroxylation is 1. The molecule has 1 saturated carbocycles. The van der Waals surface area contributed by atoms with Crippen molar-refractivity contribution in [1.82, 2.24) is 14.8 Å². The molecule has 6 nitrogen and oxygen atoms in total. The molecule has 2 N–H and O–H groups in total. The van der Waals surface area contributed by atoms with Gasteiger partial charge in [0.15, 0.2) is 0 Å². The van der Waals surface area contributed by atoms with E-state index >= 15 is 0 Å². The highest BCUT2D eigenvalue weighted by Gasteiger charge is 2.27. The summed E-state index contributed by atoms with van der Waals surface area (Å²) in [6, 6.07) is 16.9. The van der Waals surface area contributed by atoms with Gasteiger partial charge in [-0.05, 0) is 78.7 Å². The van der Waals surface area contributed by atoms with Gasteiger partial charge in [-0.15, -0.1) is 0 Å². The molecule has 33 heavy (non-hydrogen) atoms. The van der Waals surface area contributed by atoms with Crippen molar-refractivity contribution >= 4 is 35.2 Å². The fourth-order valence-electron chi connectivity index (χ4n) is 3.82. The number of nitrogens with one attached hydrogen (secondary N) is 1. The lowest BCUT2D eigenvalue weighted by Crippen LogP contribution is -2.00. The highest BCUT2D eigenvalue weighted by molar-refractivity contribution is 8.00. The number of nitrogens with zero attached hydrogens (tertiary/aromatic N) is 3. The van der Waals surface area contributed by atoms with Gasteiger partial charge in [-0.3, -0.25) is 9.67 Å². The van der Waals surface area contributed by atoms with E-state index in [1.54, 1.807) is 29.2 Å². The zero-order valence-electron chi connectivity index (χ0n) is 17.8. The molecule has 0 bridgehead atoms. The minimum atomic E-state index is -0.932. The number of benzene rings is 2. The van der Waals surface area contributed by atoms with E-state index in [2.05, 4.69) is 14.8 Å². The molecular formula is C25H21ClN4O2S. The monoisotopic (exact) mass is 476 g/mol. The van der Waals surface area contributed by atoms with E-state index in [9.17, 15) is 9.90 Å². The predicted molar refractivity (Wildman–Crippen MR) is 132 cm³/mol. The van der Waals surface area contributed by atoms with Crippen LogP contribution >= 0.6 is 23.5 Å². The number of pyridine rings is 1. The summed E-state index contributed by atoms with van der Waals surface area (Å²) in [5.74, 6) is -0.444. The second kappa shape index (κ2) is 8.92. The number of carboxylic acid groups (broad SMARTS) is 1. The van der Waals surface area contributed by atoms with Crippen LogP contribution in [0.25, 0.3) is 22.5 Å². The van der Waals surface area contributed by atoms with Gasteiger partial charge in [0.05, 0.1) is 27.7 Å². The fraction of sp³-hybridized carbons (Fsp3) is 0.160. The third-order valence-electron chi connectivity index (χ3n) is 5.69. The SMILES string of the molecule is Cn1nccc1-c1cc(NSc2cc(C(=O)O)ccc2C2CC2)c(-c2ccccn2)cc1Cl. The first-order chi connectivity index (χ1) is 16.0. The number of carbonyl (C=O) groups is 1. The van der Waals surface area contributed by atoms with Crippen LogP contribution in [0.5, 0.6) is 0 Å². The molecule has 0 spiro atoms. The predicted octanol–water partition coefficient (Wildman–Crippen LogP) is 6.50. The lowest BCUT2D eigenvalue weighted by molar-refractivity contribution is 0.0696. The van der Waals surface area contributed by atoms with Crippen molar-refractivity contribution in [3.05, 3.63) is 83.1 Å². The maximum Gasteiger partial charge on any atom is 0.335 e. The zero-order valence-corrected chi connectivity index (χ0v) is 19.4. The summed E-state index contributed by atoms with van der Waals surface area (Å²) in [4.78, 5) is 17.0. The van der Waals surface area contributed by atoms with Crippen LogP contribution < -0.4 is 4.72 Å². The number of anilines is 1. The molecule has 0 atom stereocenters. The summed E-state index contributed by atoms with van der Waals surface area (Å²) >= 11 is 8.11. The average Bonchev–Trinajstić information content (AvgIpc) is 3.59. The van der Waals surface area contributed by atoms with Crippen LogP contribution in [0.3, 0.4) is 0 Å². The summed E-state index contributed by atoms with van der Waals surface area (Å²) in [6.07, 6.45) is 5.74. The molecule has 0 radical (unpaired) electrons. The Morgan fingerprint density at radius 1 is 1.12 bits per heavy atom. The third kappa shape index (κ3) is 4.47. The van der Waals surface area contributed by atoms with Crippen LogP contribution in [0.4, 0.5) is 5.69 Å². The first-order valence-corrected chi connectivity index (χ1v) is 11.7. The summed E-state index contributed by atoms with van der Waals surface area (Å²) in [7, 11) is 1.87. The van der Waals surface area contributed by atoms with Gasteiger partial charge in [0.2, 0.25) is 0 Å². The van der Waals surface area contributed by atoms with Gasteiger partial charge in [0.25, 0.3) is 0 Å². The van der Waals surface area contributed by atoms with Crippen molar-refractivity contribution in [2.75, 3.05) is 4.72 Å². The normalized spacial score (nSPS) is 13.2. The van der Waals surface area contributed by atoms with Gasteiger partial charge in [-0.2, -0.15) is 5.10 Å². The summed E-state index contributed by atoms with van der Waals surface area (Å²) in [6.45, 7) is 0. The standard InChI is InChI=1S/C25H21ClN4O2S/c1-30-23(9-11-28-30)18-14-22(19(13-20(18)26)21-4-2-3-10-27-21)29-33-24-12-16(25(31)32)7-8-17(24)15-5-6-15/h2-4,7-15,29H,5-6H2,1H3,(H,31,32). The highest BCUT2D eigenvalue weighted by Crippen LogP contribution is 2.45. The number of aromatic carboxylic acids is 1. The molecule has 2 aromatic heterocycles. The van der Waals surface area contributed by atoms with Gasteiger partial charge in [0.1, 0.15) is 0 Å². The molecule has 0 unspecified atom stereocenters. The minimum absolute atomic E-state index is 0.278. The van der Waals surface area contributed by atoms with Crippen molar-refractivity contribution < 1.29 is 9.90 Å². The first kappa shape index (κ1) is 21.6. The first-order valence-electron chi connectivity index (χ1n) is 10.5. The molecule has 5 rings (SSSR count). The van der Waals surface area contributed by atoms with Crippen LogP contribution in [0, 0.1) is 0 Å². The van der Waals surface area contributed by atoms with E-state index in [1.165, 1.54) is 17.5 Å². The second-order valence-corrected chi connectivity index (χ2v) is 9.22. The Labute approximate surface area is 200 Å². The smallest absolute Gasteiger partial charge is 0.335 e. The van der Waals surface area contributed by atoms with Crippen LogP contribution in [0.1, 0.15) is 34.7 Å². The lowest BCUT2D eigenvalue weighted by Gasteiger charge is -2.16. The number of rotatable bonds is 7. The van der Waals surface area contributed by atoms with Crippen LogP contribution in [-0.2, 0) is 7.05 Å². The van der Waals surface area contributed by atoms with Crippen molar-refractivity contribution in [2.45, 2.75) is 23.7 Å². The molecule has 2 aromatic carbocycles. The lowest BCUT2D eigenvalue weighted by atomic mass is 10.0. The Kier molecular flexibility index (Phi) is 5.83. The molecule has 0 saturated heterocycles. The van der Waals surface area contributed by atoms with Crippen LogP contribution in [-0.4, -0.2) is 25.8 Å². The number of carboxylic acids is 1. The molecule has 1 aliphatic rings. The van der Waals surface area contributed by atoms with E-state index in [-0.39, 0.29) is 5.56 Å². The highest BCUT2D eigenvalue weighted by atomic mass is 35.5. The summed E-state index contributed by atoms with van der Waals surface area (Å²) < 4.78 is 5.24. The van der Waals surface area contributed by atoms with E-state index < -0.39 is 5.97 Å². The van der Waals surface area contributed by atoms with Gasteiger partial charge in [0, 0.05) is 35.5 Å². The third-order valence-corrected chi connectivity index (χ3v) is 6.90. The van der Waals surface area contributed by atoms with Crippen LogP contribution in [0.15, 0.2) is 71.9 Å². The maximum absolute atomic E-state index is 11.5. The quantitative estimate of drug-likeness (QED) is 0.296. The fourth-order valence-corrected chi connectivity index (χ4v) is 5.01. The molecule has 0 amide bonds.